The molecule has 8 heteroatoms. The molecule has 1 heterocycles. The number of carbonyl (C=O) groups is 1. The highest BCUT2D eigenvalue weighted by Gasteiger charge is 2.17. The van der Waals surface area contributed by atoms with E-state index in [0.717, 1.165) is 22.4 Å². The average molecular weight is 511 g/mol. The Morgan fingerprint density at radius 3 is 2.34 bits per heavy atom. The minimum absolute atomic E-state index is 0.0131. The zero-order valence-corrected chi connectivity index (χ0v) is 22.6. The molecule has 0 radical (unpaired) electrons. The lowest BCUT2D eigenvalue weighted by Gasteiger charge is -2.19. The molecule has 38 heavy (non-hydrogen) atoms. The molecule has 4 aromatic rings. The number of aromatic nitrogens is 2. The maximum absolute atomic E-state index is 13.0. The summed E-state index contributed by atoms with van der Waals surface area (Å²) in [5.74, 6) is -0.0153. The number of rotatable bonds is 6. The molecule has 196 valence electrons. The molecule has 5 N–H and O–H groups in total. The molecular formula is C30H34N6O2. The van der Waals surface area contributed by atoms with E-state index in [1.165, 1.54) is 4.57 Å². The van der Waals surface area contributed by atoms with Gasteiger partial charge in [-0.25, -0.2) is 4.98 Å². The van der Waals surface area contributed by atoms with Crippen LogP contribution in [0.15, 0.2) is 71.7 Å². The maximum Gasteiger partial charge on any atom is 0.293 e. The maximum atomic E-state index is 13.0. The van der Waals surface area contributed by atoms with E-state index in [4.69, 9.17) is 5.73 Å². The van der Waals surface area contributed by atoms with Crippen molar-refractivity contribution >= 4 is 34.5 Å². The molecule has 1 amide bonds. The minimum Gasteiger partial charge on any atom is -0.397 e. The Balaban J connectivity index is 1.63. The molecule has 0 fully saturated rings. The number of anilines is 5. The molecule has 0 spiro atoms. The van der Waals surface area contributed by atoms with E-state index in [-0.39, 0.29) is 22.7 Å². The lowest BCUT2D eigenvalue weighted by Crippen LogP contribution is -2.21. The number of amides is 1. The summed E-state index contributed by atoms with van der Waals surface area (Å²) in [6, 6.07) is 18.7. The third-order valence-electron chi connectivity index (χ3n) is 6.53. The fourth-order valence-electron chi connectivity index (χ4n) is 4.19. The number of nitrogens with one attached hydrogen (secondary N) is 3. The fraction of sp³-hybridized carbons (Fsp3) is 0.233. The first-order valence-corrected chi connectivity index (χ1v) is 12.4. The Hall–Kier alpha value is -4.59. The van der Waals surface area contributed by atoms with Crippen LogP contribution in [0.2, 0.25) is 0 Å². The van der Waals surface area contributed by atoms with Crippen molar-refractivity contribution < 1.29 is 4.79 Å². The van der Waals surface area contributed by atoms with Gasteiger partial charge in [-0.3, -0.25) is 9.59 Å². The van der Waals surface area contributed by atoms with Crippen molar-refractivity contribution in [2.45, 2.75) is 33.1 Å². The average Bonchev–Trinajstić information content (AvgIpc) is 2.87. The summed E-state index contributed by atoms with van der Waals surface area (Å²) in [7, 11) is 3.47. The fourth-order valence-corrected chi connectivity index (χ4v) is 4.19. The van der Waals surface area contributed by atoms with Gasteiger partial charge in [-0.05, 0) is 59.9 Å². The van der Waals surface area contributed by atoms with E-state index >= 15 is 0 Å². The molecule has 0 saturated carbocycles. The normalized spacial score (nSPS) is 11.2. The van der Waals surface area contributed by atoms with Gasteiger partial charge in [0.15, 0.2) is 5.82 Å². The predicted molar refractivity (Wildman–Crippen MR) is 156 cm³/mol. The molecule has 0 aliphatic rings. The second kappa shape index (κ2) is 10.4. The molecule has 3 aromatic carbocycles. The largest absolute Gasteiger partial charge is 0.397 e. The van der Waals surface area contributed by atoms with Crippen LogP contribution >= 0.6 is 0 Å². The van der Waals surface area contributed by atoms with Crippen molar-refractivity contribution in [1.29, 1.82) is 0 Å². The van der Waals surface area contributed by atoms with Crippen LogP contribution in [0.1, 0.15) is 42.3 Å². The third kappa shape index (κ3) is 5.54. The van der Waals surface area contributed by atoms with Crippen LogP contribution in [0.4, 0.5) is 28.6 Å². The van der Waals surface area contributed by atoms with Gasteiger partial charge in [-0.15, -0.1) is 0 Å². The molecule has 0 saturated heterocycles. The van der Waals surface area contributed by atoms with Crippen molar-refractivity contribution in [2.24, 2.45) is 7.05 Å². The second-order valence-corrected chi connectivity index (χ2v) is 10.3. The molecule has 8 nitrogen and oxygen atoms in total. The summed E-state index contributed by atoms with van der Waals surface area (Å²) in [6.45, 7) is 8.34. The summed E-state index contributed by atoms with van der Waals surface area (Å²) >= 11 is 0. The van der Waals surface area contributed by atoms with Crippen LogP contribution in [0, 0.1) is 6.92 Å². The summed E-state index contributed by atoms with van der Waals surface area (Å²) in [5.41, 5.74) is 12.5. The zero-order chi connectivity index (χ0) is 27.6. The van der Waals surface area contributed by atoms with Gasteiger partial charge in [-0.2, -0.15) is 0 Å². The first-order chi connectivity index (χ1) is 18.0. The predicted octanol–water partition coefficient (Wildman–Crippen LogP) is 5.67. The summed E-state index contributed by atoms with van der Waals surface area (Å²) in [5, 5.41) is 9.13. The molecule has 4 rings (SSSR count). The van der Waals surface area contributed by atoms with Crippen molar-refractivity contribution in [3.05, 3.63) is 93.9 Å². The van der Waals surface area contributed by atoms with E-state index in [1.807, 2.05) is 61.5 Å². The first-order valence-electron chi connectivity index (χ1n) is 12.4. The van der Waals surface area contributed by atoms with Crippen molar-refractivity contribution in [3.8, 4) is 11.3 Å². The highest BCUT2D eigenvalue weighted by molar-refractivity contribution is 6.05. The van der Waals surface area contributed by atoms with Gasteiger partial charge < -0.3 is 26.3 Å². The van der Waals surface area contributed by atoms with E-state index in [1.54, 1.807) is 26.4 Å². The number of benzene rings is 3. The van der Waals surface area contributed by atoms with E-state index in [0.29, 0.717) is 28.3 Å². The van der Waals surface area contributed by atoms with Gasteiger partial charge >= 0.3 is 0 Å². The minimum atomic E-state index is -0.272. The van der Waals surface area contributed by atoms with Crippen molar-refractivity contribution in [1.82, 2.24) is 9.55 Å². The van der Waals surface area contributed by atoms with Crippen LogP contribution in [0.5, 0.6) is 0 Å². The second-order valence-electron chi connectivity index (χ2n) is 10.3. The van der Waals surface area contributed by atoms with Gasteiger partial charge in [0.05, 0.1) is 17.1 Å². The number of nitrogens with zero attached hydrogens (tertiary/aromatic N) is 2. The topological polar surface area (TPSA) is 114 Å². The van der Waals surface area contributed by atoms with Gasteiger partial charge in [0.1, 0.15) is 0 Å². The highest BCUT2D eigenvalue weighted by Crippen LogP contribution is 2.29. The van der Waals surface area contributed by atoms with E-state index < -0.39 is 0 Å². The van der Waals surface area contributed by atoms with Crippen molar-refractivity contribution in [2.75, 3.05) is 28.7 Å². The highest BCUT2D eigenvalue weighted by atomic mass is 16.1. The summed E-state index contributed by atoms with van der Waals surface area (Å²) in [4.78, 5) is 30.5. The van der Waals surface area contributed by atoms with E-state index in [9.17, 15) is 9.59 Å². The Bertz CT molecular complexity index is 1550. The molecule has 0 unspecified atom stereocenters. The van der Waals surface area contributed by atoms with Crippen molar-refractivity contribution in [3.63, 3.8) is 0 Å². The standard InChI is InChI=1S/C30H34N6O2/c1-18-22(8-7-9-24(18)35-28(37)19-10-12-20(13-11-19)30(2,3)4)26-17-36(6)29(38)27(34-26)33-21-14-15-25(32-5)23(31)16-21/h7-17,32H,31H2,1-6H3,(H,33,34)(H,35,37). The molecule has 0 aliphatic carbocycles. The third-order valence-corrected chi connectivity index (χ3v) is 6.53. The number of aryl methyl sites for hydroxylation is 1. The van der Waals surface area contributed by atoms with Crippen LogP contribution in [0.25, 0.3) is 11.3 Å². The smallest absolute Gasteiger partial charge is 0.293 e. The lowest BCUT2D eigenvalue weighted by atomic mass is 9.86. The number of hydrogen-bond donors (Lipinski definition) is 4. The number of nitrogen functional groups attached to an aromatic ring is 1. The Labute approximate surface area is 222 Å². The molecular weight excluding hydrogens is 476 g/mol. The van der Waals surface area contributed by atoms with Gasteiger partial charge in [0.25, 0.3) is 11.5 Å². The van der Waals surface area contributed by atoms with Crippen LogP contribution in [0.3, 0.4) is 0 Å². The number of carbonyl (C=O) groups excluding carboxylic acids is 1. The van der Waals surface area contributed by atoms with Crippen LogP contribution in [-0.4, -0.2) is 22.5 Å². The molecule has 0 bridgehead atoms. The van der Waals surface area contributed by atoms with Crippen LogP contribution in [-0.2, 0) is 12.5 Å². The van der Waals surface area contributed by atoms with Gasteiger partial charge in [0.2, 0.25) is 0 Å². The van der Waals surface area contributed by atoms with Gasteiger partial charge in [-0.1, -0.05) is 45.0 Å². The number of hydrogen-bond acceptors (Lipinski definition) is 6. The van der Waals surface area contributed by atoms with Gasteiger partial charge in [0, 0.05) is 42.8 Å². The Kier molecular flexibility index (Phi) is 7.26. The van der Waals surface area contributed by atoms with E-state index in [2.05, 4.69) is 41.7 Å². The Morgan fingerprint density at radius 1 is 1.00 bits per heavy atom. The molecule has 0 aliphatic heterocycles. The number of nitrogens with two attached hydrogens (primary N) is 1. The Morgan fingerprint density at radius 2 is 1.71 bits per heavy atom. The monoisotopic (exact) mass is 510 g/mol. The van der Waals surface area contributed by atoms with Crippen LogP contribution < -0.4 is 27.2 Å². The molecule has 0 atom stereocenters. The molecule has 1 aromatic heterocycles. The quantitative estimate of drug-likeness (QED) is 0.248. The summed E-state index contributed by atoms with van der Waals surface area (Å²) < 4.78 is 1.48. The SMILES string of the molecule is CNc1ccc(Nc2nc(-c3cccc(NC(=O)c4ccc(C(C)(C)C)cc4)c3C)cn(C)c2=O)cc1N. The zero-order valence-electron chi connectivity index (χ0n) is 22.6. The lowest BCUT2D eigenvalue weighted by molar-refractivity contribution is 0.102. The summed E-state index contributed by atoms with van der Waals surface area (Å²) in [6.07, 6.45) is 1.69. The first kappa shape index (κ1) is 26.5.